The van der Waals surface area contributed by atoms with Gasteiger partial charge in [0.1, 0.15) is 0 Å². The molecule has 27 heavy (non-hydrogen) atoms. The largest absolute Gasteiger partial charge is 0.343 e. The number of piperidine rings is 1. The van der Waals surface area contributed by atoms with Gasteiger partial charge in [0, 0.05) is 57.7 Å². The van der Waals surface area contributed by atoms with Crippen molar-refractivity contribution in [2.75, 3.05) is 39.3 Å². The summed E-state index contributed by atoms with van der Waals surface area (Å²) in [5.41, 5.74) is 1.65. The Morgan fingerprint density at radius 3 is 1.96 bits per heavy atom. The fourth-order valence-electron chi connectivity index (χ4n) is 3.77. The number of hydrogen-bond donors (Lipinski definition) is 0. The molecule has 2 heterocycles. The van der Waals surface area contributed by atoms with Crippen LogP contribution in [0, 0.1) is 5.92 Å². The summed E-state index contributed by atoms with van der Waals surface area (Å²) in [5, 5.41) is 0. The van der Waals surface area contributed by atoms with E-state index in [9.17, 15) is 14.4 Å². The van der Waals surface area contributed by atoms with E-state index in [-0.39, 0.29) is 23.6 Å². The topological polar surface area (TPSA) is 60.9 Å². The van der Waals surface area contributed by atoms with Crippen LogP contribution in [0.15, 0.2) is 30.8 Å². The standard InChI is InChI=1S/C21H27N3O3/c1-3-17-4-6-18(7-5-17)20(26)23-12-14-24(15-13-23)21(27)19-8-10-22(11-9-19)16(2)25/h3-7,19H,1,8-15H2,2H3. The minimum atomic E-state index is -0.00528. The third-order valence-corrected chi connectivity index (χ3v) is 5.56. The Labute approximate surface area is 160 Å². The minimum absolute atomic E-state index is 0.00528. The fraction of sp³-hybridized carbons (Fsp3) is 0.476. The predicted molar refractivity (Wildman–Crippen MR) is 104 cm³/mol. The molecule has 0 spiro atoms. The second-order valence-corrected chi connectivity index (χ2v) is 7.22. The first-order valence-electron chi connectivity index (χ1n) is 9.55. The summed E-state index contributed by atoms with van der Waals surface area (Å²) in [6.07, 6.45) is 3.21. The average Bonchev–Trinajstić information content (AvgIpc) is 2.73. The van der Waals surface area contributed by atoms with Crippen molar-refractivity contribution in [1.29, 1.82) is 0 Å². The lowest BCUT2D eigenvalue weighted by atomic mass is 9.95. The highest BCUT2D eigenvalue weighted by Crippen LogP contribution is 2.21. The third kappa shape index (κ3) is 4.38. The van der Waals surface area contributed by atoms with Crippen molar-refractivity contribution in [1.82, 2.24) is 14.7 Å². The Kier molecular flexibility index (Phi) is 5.94. The number of likely N-dealkylation sites (tertiary alicyclic amines) is 1. The number of piperazine rings is 1. The van der Waals surface area contributed by atoms with Crippen LogP contribution in [-0.2, 0) is 9.59 Å². The lowest BCUT2D eigenvalue weighted by Gasteiger charge is -2.38. The Bertz CT molecular complexity index is 713. The van der Waals surface area contributed by atoms with E-state index in [0.29, 0.717) is 44.8 Å². The minimum Gasteiger partial charge on any atom is -0.343 e. The van der Waals surface area contributed by atoms with Crippen LogP contribution in [0.1, 0.15) is 35.7 Å². The Balaban J connectivity index is 1.51. The van der Waals surface area contributed by atoms with Gasteiger partial charge in [0.05, 0.1) is 0 Å². The van der Waals surface area contributed by atoms with Crippen LogP contribution in [0.3, 0.4) is 0 Å². The van der Waals surface area contributed by atoms with E-state index in [1.165, 1.54) is 0 Å². The molecule has 0 atom stereocenters. The highest BCUT2D eigenvalue weighted by molar-refractivity contribution is 5.94. The summed E-state index contributed by atoms with van der Waals surface area (Å²) in [6.45, 7) is 8.86. The molecule has 6 heteroatoms. The smallest absolute Gasteiger partial charge is 0.253 e. The van der Waals surface area contributed by atoms with Gasteiger partial charge in [-0.3, -0.25) is 14.4 Å². The maximum Gasteiger partial charge on any atom is 0.253 e. The Morgan fingerprint density at radius 2 is 1.44 bits per heavy atom. The molecule has 0 N–H and O–H groups in total. The molecule has 144 valence electrons. The Morgan fingerprint density at radius 1 is 0.889 bits per heavy atom. The summed E-state index contributed by atoms with van der Waals surface area (Å²) >= 11 is 0. The van der Waals surface area contributed by atoms with Crippen molar-refractivity contribution in [3.8, 4) is 0 Å². The van der Waals surface area contributed by atoms with E-state index in [1.807, 2.05) is 34.1 Å². The van der Waals surface area contributed by atoms with Crippen LogP contribution in [0.2, 0.25) is 0 Å². The van der Waals surface area contributed by atoms with Gasteiger partial charge in [0.15, 0.2) is 0 Å². The molecule has 3 rings (SSSR count). The average molecular weight is 369 g/mol. The molecule has 0 bridgehead atoms. The van der Waals surface area contributed by atoms with E-state index < -0.39 is 0 Å². The van der Waals surface area contributed by atoms with Crippen molar-refractivity contribution < 1.29 is 14.4 Å². The molecule has 0 aliphatic carbocycles. The van der Waals surface area contributed by atoms with Crippen molar-refractivity contribution in [2.24, 2.45) is 5.92 Å². The van der Waals surface area contributed by atoms with Crippen molar-refractivity contribution in [3.05, 3.63) is 42.0 Å². The van der Waals surface area contributed by atoms with Gasteiger partial charge in [0.25, 0.3) is 5.91 Å². The van der Waals surface area contributed by atoms with Gasteiger partial charge in [-0.25, -0.2) is 0 Å². The quantitative estimate of drug-likeness (QED) is 0.817. The van der Waals surface area contributed by atoms with Crippen molar-refractivity contribution >= 4 is 23.8 Å². The van der Waals surface area contributed by atoms with Crippen molar-refractivity contribution in [3.63, 3.8) is 0 Å². The van der Waals surface area contributed by atoms with E-state index >= 15 is 0 Å². The zero-order chi connectivity index (χ0) is 19.4. The summed E-state index contributed by atoms with van der Waals surface area (Å²) < 4.78 is 0. The van der Waals surface area contributed by atoms with Gasteiger partial charge in [-0.2, -0.15) is 0 Å². The van der Waals surface area contributed by atoms with Gasteiger partial charge in [-0.15, -0.1) is 0 Å². The van der Waals surface area contributed by atoms with E-state index in [2.05, 4.69) is 6.58 Å². The zero-order valence-corrected chi connectivity index (χ0v) is 15.9. The first kappa shape index (κ1) is 19.1. The molecule has 2 fully saturated rings. The lowest BCUT2D eigenvalue weighted by molar-refractivity contribution is -0.141. The molecule has 3 amide bonds. The maximum absolute atomic E-state index is 12.8. The normalized spacial score (nSPS) is 18.3. The molecule has 2 aliphatic heterocycles. The van der Waals surface area contributed by atoms with E-state index in [1.54, 1.807) is 17.9 Å². The molecule has 1 aromatic carbocycles. The van der Waals surface area contributed by atoms with Gasteiger partial charge in [0.2, 0.25) is 11.8 Å². The monoisotopic (exact) mass is 369 g/mol. The van der Waals surface area contributed by atoms with Gasteiger partial charge in [-0.1, -0.05) is 24.8 Å². The van der Waals surface area contributed by atoms with Gasteiger partial charge >= 0.3 is 0 Å². The third-order valence-electron chi connectivity index (χ3n) is 5.56. The molecule has 6 nitrogen and oxygen atoms in total. The first-order valence-corrected chi connectivity index (χ1v) is 9.55. The number of hydrogen-bond acceptors (Lipinski definition) is 3. The molecule has 0 aromatic heterocycles. The highest BCUT2D eigenvalue weighted by atomic mass is 16.2. The van der Waals surface area contributed by atoms with E-state index in [0.717, 1.165) is 18.4 Å². The van der Waals surface area contributed by atoms with Gasteiger partial charge in [-0.05, 0) is 30.5 Å². The molecule has 0 radical (unpaired) electrons. The van der Waals surface area contributed by atoms with Crippen LogP contribution in [0.25, 0.3) is 6.08 Å². The number of carbonyl (C=O) groups is 3. The molecular weight excluding hydrogens is 342 g/mol. The van der Waals surface area contributed by atoms with Gasteiger partial charge < -0.3 is 14.7 Å². The summed E-state index contributed by atoms with van der Waals surface area (Å²) in [7, 11) is 0. The van der Waals surface area contributed by atoms with Crippen molar-refractivity contribution in [2.45, 2.75) is 19.8 Å². The number of amides is 3. The molecule has 1 aromatic rings. The second kappa shape index (κ2) is 8.37. The number of nitrogens with zero attached hydrogens (tertiary/aromatic N) is 3. The van der Waals surface area contributed by atoms with Crippen LogP contribution >= 0.6 is 0 Å². The maximum atomic E-state index is 12.8. The fourth-order valence-corrected chi connectivity index (χ4v) is 3.77. The molecule has 0 saturated carbocycles. The first-order chi connectivity index (χ1) is 13.0. The van der Waals surface area contributed by atoms with Crippen LogP contribution in [0.4, 0.5) is 0 Å². The summed E-state index contributed by atoms with van der Waals surface area (Å²) in [5.74, 6) is 0.247. The Hall–Kier alpha value is -2.63. The van der Waals surface area contributed by atoms with Crippen LogP contribution in [0.5, 0.6) is 0 Å². The zero-order valence-electron chi connectivity index (χ0n) is 15.9. The summed E-state index contributed by atoms with van der Waals surface area (Å²) in [6, 6.07) is 7.40. The highest BCUT2D eigenvalue weighted by Gasteiger charge is 2.31. The number of benzene rings is 1. The molecule has 2 saturated heterocycles. The molecule has 0 unspecified atom stereocenters. The predicted octanol–water partition coefficient (Wildman–Crippen LogP) is 1.87. The van der Waals surface area contributed by atoms with Crippen LogP contribution in [-0.4, -0.2) is 71.7 Å². The number of rotatable bonds is 3. The SMILES string of the molecule is C=Cc1ccc(C(=O)N2CCN(C(=O)C3CCN(C(C)=O)CC3)CC2)cc1. The van der Waals surface area contributed by atoms with Crippen LogP contribution < -0.4 is 0 Å². The molecule has 2 aliphatic rings. The lowest BCUT2D eigenvalue weighted by Crippen LogP contribution is -2.53. The molecular formula is C21H27N3O3. The number of carbonyl (C=O) groups excluding carboxylic acids is 3. The summed E-state index contributed by atoms with van der Waals surface area (Å²) in [4.78, 5) is 42.3. The van der Waals surface area contributed by atoms with E-state index in [4.69, 9.17) is 0 Å². The second-order valence-electron chi connectivity index (χ2n) is 7.22.